The molecular formula is C14H16N4O3S. The monoisotopic (exact) mass is 320 g/mol. The topological polar surface area (TPSA) is 90.0 Å². The summed E-state index contributed by atoms with van der Waals surface area (Å²) in [6.45, 7) is 4.00. The number of nitrogens with zero attached hydrogens (tertiary/aromatic N) is 3. The first-order chi connectivity index (χ1) is 10.5. The third kappa shape index (κ3) is 2.92. The minimum atomic E-state index is -0.202. The fourth-order valence-electron chi connectivity index (χ4n) is 2.30. The number of aromatic nitrogens is 3. The molecule has 1 N–H and O–H groups in total. The lowest BCUT2D eigenvalue weighted by molar-refractivity contribution is -0.116. The van der Waals surface area contributed by atoms with Crippen LogP contribution < -0.4 is 10.9 Å². The van der Waals surface area contributed by atoms with E-state index in [1.165, 1.54) is 18.0 Å². The van der Waals surface area contributed by atoms with E-state index < -0.39 is 0 Å². The Kier molecular flexibility index (Phi) is 4.02. The molecule has 0 aliphatic carbocycles. The van der Waals surface area contributed by atoms with E-state index in [0.29, 0.717) is 16.7 Å². The fourth-order valence-corrected chi connectivity index (χ4v) is 3.46. The van der Waals surface area contributed by atoms with Crippen molar-refractivity contribution in [1.82, 2.24) is 14.7 Å². The van der Waals surface area contributed by atoms with Crippen molar-refractivity contribution in [2.45, 2.75) is 37.4 Å². The van der Waals surface area contributed by atoms with Crippen LogP contribution in [0.3, 0.4) is 0 Å². The largest absolute Gasteiger partial charge is 0.363 e. The SMILES string of the molecule is CC(C)c1cc(=O)n2c(n1)SC[C@H]2CC(=O)Nc1ccon1. The van der Waals surface area contributed by atoms with Crippen LogP contribution in [0.15, 0.2) is 32.9 Å². The second kappa shape index (κ2) is 5.96. The molecule has 8 heteroatoms. The van der Waals surface area contributed by atoms with Gasteiger partial charge in [-0.15, -0.1) is 0 Å². The van der Waals surface area contributed by atoms with Gasteiger partial charge in [0, 0.05) is 24.3 Å². The number of anilines is 1. The summed E-state index contributed by atoms with van der Waals surface area (Å²) < 4.78 is 6.27. The highest BCUT2D eigenvalue weighted by molar-refractivity contribution is 7.99. The molecule has 0 aromatic carbocycles. The molecule has 0 bridgehead atoms. The lowest BCUT2D eigenvalue weighted by atomic mass is 10.1. The van der Waals surface area contributed by atoms with Crippen LogP contribution in [-0.4, -0.2) is 26.4 Å². The third-order valence-electron chi connectivity index (χ3n) is 3.43. The predicted octanol–water partition coefficient (Wildman–Crippen LogP) is 2.03. The van der Waals surface area contributed by atoms with E-state index in [0.717, 1.165) is 5.69 Å². The third-order valence-corrected chi connectivity index (χ3v) is 4.53. The zero-order chi connectivity index (χ0) is 15.7. The first kappa shape index (κ1) is 14.8. The molecule has 0 saturated carbocycles. The maximum absolute atomic E-state index is 12.3. The molecule has 2 aromatic heterocycles. The number of carbonyl (C=O) groups is 1. The smallest absolute Gasteiger partial charge is 0.254 e. The molecule has 2 aromatic rings. The molecule has 1 amide bonds. The molecule has 0 unspecified atom stereocenters. The van der Waals surface area contributed by atoms with E-state index in [4.69, 9.17) is 0 Å². The summed E-state index contributed by atoms with van der Waals surface area (Å²) in [6.07, 6.45) is 1.59. The average Bonchev–Trinajstić information content (AvgIpc) is 3.09. The maximum Gasteiger partial charge on any atom is 0.254 e. The molecule has 3 heterocycles. The van der Waals surface area contributed by atoms with Crippen molar-refractivity contribution >= 4 is 23.5 Å². The minimum Gasteiger partial charge on any atom is -0.363 e. The van der Waals surface area contributed by atoms with Gasteiger partial charge in [-0.2, -0.15) is 0 Å². The van der Waals surface area contributed by atoms with E-state index in [-0.39, 0.29) is 29.8 Å². The Morgan fingerprint density at radius 2 is 2.41 bits per heavy atom. The average molecular weight is 320 g/mol. The van der Waals surface area contributed by atoms with E-state index in [2.05, 4.69) is 20.0 Å². The highest BCUT2D eigenvalue weighted by Crippen LogP contribution is 2.32. The van der Waals surface area contributed by atoms with Gasteiger partial charge in [-0.1, -0.05) is 30.8 Å². The first-order valence-electron chi connectivity index (χ1n) is 7.01. The molecule has 1 aliphatic rings. The number of nitrogens with one attached hydrogen (secondary N) is 1. The number of rotatable bonds is 4. The van der Waals surface area contributed by atoms with Gasteiger partial charge in [0.15, 0.2) is 11.0 Å². The molecule has 0 saturated heterocycles. The van der Waals surface area contributed by atoms with Gasteiger partial charge in [0.1, 0.15) is 6.26 Å². The van der Waals surface area contributed by atoms with Gasteiger partial charge in [0.2, 0.25) is 5.91 Å². The van der Waals surface area contributed by atoms with Gasteiger partial charge in [-0.3, -0.25) is 14.2 Å². The summed E-state index contributed by atoms with van der Waals surface area (Å²) in [4.78, 5) is 28.8. The summed E-state index contributed by atoms with van der Waals surface area (Å²) >= 11 is 1.51. The van der Waals surface area contributed by atoms with Crippen LogP contribution in [0.4, 0.5) is 5.82 Å². The number of hydrogen-bond acceptors (Lipinski definition) is 6. The van der Waals surface area contributed by atoms with Gasteiger partial charge < -0.3 is 9.84 Å². The summed E-state index contributed by atoms with van der Waals surface area (Å²) in [6, 6.07) is 2.94. The van der Waals surface area contributed by atoms with Crippen LogP contribution in [-0.2, 0) is 4.79 Å². The second-order valence-corrected chi connectivity index (χ2v) is 6.42. The summed E-state index contributed by atoms with van der Waals surface area (Å²) in [5, 5.41) is 6.96. The highest BCUT2D eigenvalue weighted by Gasteiger charge is 2.28. The summed E-state index contributed by atoms with van der Waals surface area (Å²) in [5.74, 6) is 1.04. The molecule has 0 radical (unpaired) electrons. The van der Waals surface area contributed by atoms with Crippen molar-refractivity contribution in [3.8, 4) is 0 Å². The van der Waals surface area contributed by atoms with Crippen molar-refractivity contribution in [2.75, 3.05) is 11.1 Å². The molecule has 3 rings (SSSR count). The molecular weight excluding hydrogens is 304 g/mol. The normalized spacial score (nSPS) is 16.8. The van der Waals surface area contributed by atoms with Crippen molar-refractivity contribution in [2.24, 2.45) is 0 Å². The highest BCUT2D eigenvalue weighted by atomic mass is 32.2. The number of carbonyl (C=O) groups excluding carboxylic acids is 1. The van der Waals surface area contributed by atoms with E-state index in [1.54, 1.807) is 16.7 Å². The number of thioether (sulfide) groups is 1. The molecule has 116 valence electrons. The standard InChI is InChI=1S/C14H16N4O3S/c1-8(2)10-6-13(20)18-9(7-22-14(18)15-10)5-12(19)16-11-3-4-21-17-11/h3-4,6,8-9H,5,7H2,1-2H3,(H,16,17,19)/t9-/m1/s1. The van der Waals surface area contributed by atoms with Crippen molar-refractivity contribution in [3.63, 3.8) is 0 Å². The van der Waals surface area contributed by atoms with Crippen LogP contribution in [0.2, 0.25) is 0 Å². The van der Waals surface area contributed by atoms with Gasteiger partial charge in [-0.05, 0) is 5.92 Å². The fraction of sp³-hybridized carbons (Fsp3) is 0.429. The van der Waals surface area contributed by atoms with Crippen LogP contribution in [0, 0.1) is 0 Å². The van der Waals surface area contributed by atoms with E-state index >= 15 is 0 Å². The maximum atomic E-state index is 12.3. The van der Waals surface area contributed by atoms with Crippen molar-refractivity contribution in [1.29, 1.82) is 0 Å². The van der Waals surface area contributed by atoms with Crippen LogP contribution in [0.5, 0.6) is 0 Å². The van der Waals surface area contributed by atoms with Gasteiger partial charge in [0.25, 0.3) is 5.56 Å². The first-order valence-corrected chi connectivity index (χ1v) is 7.99. The minimum absolute atomic E-state index is 0.0991. The van der Waals surface area contributed by atoms with E-state index in [9.17, 15) is 9.59 Å². The summed E-state index contributed by atoms with van der Waals surface area (Å²) in [7, 11) is 0. The summed E-state index contributed by atoms with van der Waals surface area (Å²) in [5.41, 5.74) is 0.689. The Morgan fingerprint density at radius 3 is 3.09 bits per heavy atom. The van der Waals surface area contributed by atoms with Gasteiger partial charge in [0.05, 0.1) is 11.7 Å². The Morgan fingerprint density at radius 1 is 1.59 bits per heavy atom. The van der Waals surface area contributed by atoms with Crippen LogP contribution >= 0.6 is 11.8 Å². The Labute approximate surface area is 131 Å². The molecule has 1 atom stereocenters. The number of hydrogen-bond donors (Lipinski definition) is 1. The van der Waals surface area contributed by atoms with Crippen molar-refractivity contribution in [3.05, 3.63) is 34.4 Å². The van der Waals surface area contributed by atoms with Crippen LogP contribution in [0.1, 0.15) is 37.9 Å². The number of fused-ring (bicyclic) bond motifs is 1. The Balaban J connectivity index is 1.77. The van der Waals surface area contributed by atoms with Gasteiger partial charge >= 0.3 is 0 Å². The van der Waals surface area contributed by atoms with Crippen LogP contribution in [0.25, 0.3) is 0 Å². The van der Waals surface area contributed by atoms with Gasteiger partial charge in [-0.25, -0.2) is 4.98 Å². The van der Waals surface area contributed by atoms with E-state index in [1.807, 2.05) is 13.8 Å². The second-order valence-electron chi connectivity index (χ2n) is 5.43. The molecule has 0 fully saturated rings. The lowest BCUT2D eigenvalue weighted by Gasteiger charge is -2.13. The number of amides is 1. The molecule has 22 heavy (non-hydrogen) atoms. The van der Waals surface area contributed by atoms with Crippen molar-refractivity contribution < 1.29 is 9.32 Å². The molecule has 7 nitrogen and oxygen atoms in total. The Bertz CT molecular complexity index is 739. The predicted molar refractivity (Wildman–Crippen MR) is 82.1 cm³/mol. The zero-order valence-corrected chi connectivity index (χ0v) is 13.1. The zero-order valence-electron chi connectivity index (χ0n) is 12.3. The quantitative estimate of drug-likeness (QED) is 0.867. The molecule has 0 spiro atoms. The molecule has 1 aliphatic heterocycles. The lowest BCUT2D eigenvalue weighted by Crippen LogP contribution is -2.28. The Hall–Kier alpha value is -2.09.